The van der Waals surface area contributed by atoms with Crippen molar-refractivity contribution in [2.75, 3.05) is 31.0 Å². The van der Waals surface area contributed by atoms with Gasteiger partial charge in [-0.2, -0.15) is 0 Å². The molecular formula is C23H28N2O4. The second-order valence-corrected chi connectivity index (χ2v) is 8.23. The van der Waals surface area contributed by atoms with Crippen LogP contribution in [0.5, 0.6) is 11.5 Å². The summed E-state index contributed by atoms with van der Waals surface area (Å²) in [4.78, 5) is 27.2. The highest BCUT2D eigenvalue weighted by atomic mass is 16.5. The molecule has 2 aromatic carbocycles. The van der Waals surface area contributed by atoms with Crippen LogP contribution >= 0.6 is 0 Å². The number of hydrogen-bond donors (Lipinski definition) is 1. The maximum Gasteiger partial charge on any atom is 0.229 e. The lowest BCUT2D eigenvalue weighted by Crippen LogP contribution is -2.29. The molecule has 0 aliphatic carbocycles. The van der Waals surface area contributed by atoms with Crippen LogP contribution in [0.3, 0.4) is 0 Å². The maximum atomic E-state index is 12.9. The van der Waals surface area contributed by atoms with Crippen LogP contribution in [0.1, 0.15) is 32.8 Å². The number of ether oxygens (including phenoxy) is 2. The molecule has 1 atom stereocenters. The number of nitrogens with zero attached hydrogens (tertiary/aromatic N) is 1. The van der Waals surface area contributed by atoms with E-state index in [9.17, 15) is 9.59 Å². The van der Waals surface area contributed by atoms with Crippen molar-refractivity contribution in [1.82, 2.24) is 0 Å². The lowest BCUT2D eigenvalue weighted by Gasteiger charge is -2.24. The van der Waals surface area contributed by atoms with E-state index >= 15 is 0 Å². The molecule has 1 aliphatic rings. The number of anilines is 2. The van der Waals surface area contributed by atoms with E-state index in [0.717, 1.165) is 11.3 Å². The smallest absolute Gasteiger partial charge is 0.229 e. The Bertz CT molecular complexity index is 917. The molecule has 154 valence electrons. The summed E-state index contributed by atoms with van der Waals surface area (Å²) in [7, 11) is 3.12. The lowest BCUT2D eigenvalue weighted by molar-refractivity contribution is -0.122. The molecule has 1 heterocycles. The van der Waals surface area contributed by atoms with Crippen molar-refractivity contribution >= 4 is 23.2 Å². The number of benzene rings is 2. The maximum absolute atomic E-state index is 12.9. The Hall–Kier alpha value is -3.02. The zero-order valence-corrected chi connectivity index (χ0v) is 17.6. The van der Waals surface area contributed by atoms with Crippen LogP contribution in [0.25, 0.3) is 0 Å². The van der Waals surface area contributed by atoms with E-state index in [-0.39, 0.29) is 23.7 Å². The number of rotatable bonds is 5. The molecule has 1 aliphatic heterocycles. The van der Waals surface area contributed by atoms with Gasteiger partial charge < -0.3 is 19.7 Å². The monoisotopic (exact) mass is 396 g/mol. The first kappa shape index (κ1) is 20.7. The van der Waals surface area contributed by atoms with Crippen molar-refractivity contribution in [3.8, 4) is 11.5 Å². The molecule has 0 bridgehead atoms. The van der Waals surface area contributed by atoms with Gasteiger partial charge in [-0.3, -0.25) is 9.59 Å². The number of methoxy groups -OCH3 is 2. The Morgan fingerprint density at radius 1 is 1.10 bits per heavy atom. The lowest BCUT2D eigenvalue weighted by atomic mass is 9.85. The van der Waals surface area contributed by atoms with Gasteiger partial charge in [-0.25, -0.2) is 0 Å². The van der Waals surface area contributed by atoms with Gasteiger partial charge in [-0.15, -0.1) is 0 Å². The van der Waals surface area contributed by atoms with Gasteiger partial charge in [0.05, 0.1) is 25.8 Å². The third-order valence-corrected chi connectivity index (χ3v) is 5.17. The SMILES string of the molecule is COc1ccc(N2CC(C(=O)Nc3ccccc3C(C)(C)C)CC2=O)c(OC)c1. The summed E-state index contributed by atoms with van der Waals surface area (Å²) in [6.07, 6.45) is 0.165. The number of amides is 2. The van der Waals surface area contributed by atoms with Crippen LogP contribution in [0.2, 0.25) is 0 Å². The Morgan fingerprint density at radius 2 is 1.83 bits per heavy atom. The number of carbonyl (C=O) groups excluding carboxylic acids is 2. The van der Waals surface area contributed by atoms with Crippen LogP contribution in [0, 0.1) is 5.92 Å². The molecule has 1 N–H and O–H groups in total. The molecule has 0 aromatic heterocycles. The Labute approximate surface area is 171 Å². The third kappa shape index (κ3) is 4.36. The average Bonchev–Trinajstić information content (AvgIpc) is 3.08. The molecule has 2 amide bonds. The second-order valence-electron chi connectivity index (χ2n) is 8.23. The van der Waals surface area contributed by atoms with Crippen molar-refractivity contribution in [3.63, 3.8) is 0 Å². The highest BCUT2D eigenvalue weighted by Gasteiger charge is 2.36. The largest absolute Gasteiger partial charge is 0.497 e. The third-order valence-electron chi connectivity index (χ3n) is 5.17. The van der Waals surface area contributed by atoms with Gasteiger partial charge in [0.1, 0.15) is 11.5 Å². The van der Waals surface area contributed by atoms with Crippen LogP contribution < -0.4 is 19.7 Å². The summed E-state index contributed by atoms with van der Waals surface area (Å²) in [5, 5.41) is 3.03. The topological polar surface area (TPSA) is 67.9 Å². The van der Waals surface area contributed by atoms with Gasteiger partial charge in [-0.05, 0) is 29.2 Å². The Kier molecular flexibility index (Phi) is 5.82. The first-order chi connectivity index (χ1) is 13.7. The minimum absolute atomic E-state index is 0.0993. The molecule has 0 saturated carbocycles. The average molecular weight is 396 g/mol. The van der Waals surface area contributed by atoms with E-state index < -0.39 is 5.92 Å². The molecule has 29 heavy (non-hydrogen) atoms. The first-order valence-electron chi connectivity index (χ1n) is 9.67. The fourth-order valence-electron chi connectivity index (χ4n) is 3.60. The summed E-state index contributed by atoms with van der Waals surface area (Å²) in [5.41, 5.74) is 2.39. The fourth-order valence-corrected chi connectivity index (χ4v) is 3.60. The summed E-state index contributed by atoms with van der Waals surface area (Å²) >= 11 is 0. The number of carbonyl (C=O) groups is 2. The highest BCUT2D eigenvalue weighted by molar-refractivity contribution is 6.04. The minimum Gasteiger partial charge on any atom is -0.497 e. The van der Waals surface area contributed by atoms with Gasteiger partial charge in [-0.1, -0.05) is 39.0 Å². The summed E-state index contributed by atoms with van der Waals surface area (Å²) in [6, 6.07) is 13.1. The molecule has 0 spiro atoms. The van der Waals surface area contributed by atoms with Gasteiger partial charge in [0.2, 0.25) is 11.8 Å². The molecule has 6 heteroatoms. The van der Waals surface area contributed by atoms with Crippen molar-refractivity contribution < 1.29 is 19.1 Å². The standard InChI is InChI=1S/C23H28N2O4/c1-23(2,3)17-8-6-7-9-18(17)24-22(27)15-12-21(26)25(14-15)19-11-10-16(28-4)13-20(19)29-5/h6-11,13,15H,12,14H2,1-5H3,(H,24,27). The molecule has 6 nitrogen and oxygen atoms in total. The van der Waals surface area contributed by atoms with E-state index in [2.05, 4.69) is 26.1 Å². The van der Waals surface area contributed by atoms with Gasteiger partial charge in [0.15, 0.2) is 0 Å². The van der Waals surface area contributed by atoms with Crippen LogP contribution in [0.15, 0.2) is 42.5 Å². The molecule has 1 unspecified atom stereocenters. The second kappa shape index (κ2) is 8.15. The summed E-state index contributed by atoms with van der Waals surface area (Å²) in [5.74, 6) is 0.507. The zero-order valence-electron chi connectivity index (χ0n) is 17.6. The first-order valence-corrected chi connectivity index (χ1v) is 9.67. The van der Waals surface area contributed by atoms with Crippen molar-refractivity contribution in [1.29, 1.82) is 0 Å². The molecule has 1 fully saturated rings. The predicted octanol–water partition coefficient (Wildman–Crippen LogP) is 3.99. The minimum atomic E-state index is -0.428. The molecule has 1 saturated heterocycles. The number of hydrogen-bond acceptors (Lipinski definition) is 4. The van der Waals surface area contributed by atoms with Crippen LogP contribution in [0.4, 0.5) is 11.4 Å². The van der Waals surface area contributed by atoms with Crippen molar-refractivity contribution in [3.05, 3.63) is 48.0 Å². The van der Waals surface area contributed by atoms with Crippen LogP contribution in [-0.4, -0.2) is 32.6 Å². The van der Waals surface area contributed by atoms with Gasteiger partial charge >= 0.3 is 0 Å². The normalized spacial score (nSPS) is 16.7. The Morgan fingerprint density at radius 3 is 2.48 bits per heavy atom. The number of nitrogens with one attached hydrogen (secondary N) is 1. The van der Waals surface area contributed by atoms with E-state index in [4.69, 9.17) is 9.47 Å². The van der Waals surface area contributed by atoms with Gasteiger partial charge in [0.25, 0.3) is 0 Å². The van der Waals surface area contributed by atoms with E-state index in [1.807, 2.05) is 24.3 Å². The molecule has 0 radical (unpaired) electrons. The quantitative estimate of drug-likeness (QED) is 0.830. The highest BCUT2D eigenvalue weighted by Crippen LogP contribution is 2.36. The summed E-state index contributed by atoms with van der Waals surface area (Å²) in [6.45, 7) is 6.63. The zero-order chi connectivity index (χ0) is 21.2. The molecule has 2 aromatic rings. The van der Waals surface area contributed by atoms with E-state index in [1.165, 1.54) is 0 Å². The molecule has 3 rings (SSSR count). The predicted molar refractivity (Wildman–Crippen MR) is 114 cm³/mol. The van der Waals surface area contributed by atoms with E-state index in [0.29, 0.717) is 23.7 Å². The Balaban J connectivity index is 1.79. The fraction of sp³-hybridized carbons (Fsp3) is 0.391. The van der Waals surface area contributed by atoms with Crippen molar-refractivity contribution in [2.24, 2.45) is 5.92 Å². The number of para-hydroxylation sites is 1. The van der Waals surface area contributed by atoms with E-state index in [1.54, 1.807) is 37.3 Å². The summed E-state index contributed by atoms with van der Waals surface area (Å²) < 4.78 is 10.6. The van der Waals surface area contributed by atoms with Crippen molar-refractivity contribution in [2.45, 2.75) is 32.6 Å². The van der Waals surface area contributed by atoms with Crippen LogP contribution in [-0.2, 0) is 15.0 Å². The molecular weight excluding hydrogens is 368 g/mol. The van der Waals surface area contributed by atoms with Gasteiger partial charge in [0, 0.05) is 24.7 Å².